The number of aryl methyl sites for hydroxylation is 1. The fourth-order valence-corrected chi connectivity index (χ4v) is 3.03. The largest absolute Gasteiger partial charge is 0.445 e. The van der Waals surface area contributed by atoms with Crippen molar-refractivity contribution in [2.24, 2.45) is 5.73 Å². The Labute approximate surface area is 183 Å². The molecular weight excluding hydrogens is 394 g/mol. The number of nitrogens with two attached hydrogens (primary N) is 1. The van der Waals surface area contributed by atoms with Gasteiger partial charge in [-0.15, -0.1) is 0 Å². The first-order valence-corrected chi connectivity index (χ1v) is 10.6. The molecule has 0 spiro atoms. The Hall–Kier alpha value is -3.35. The average Bonchev–Trinajstić information content (AvgIpc) is 2.77. The van der Waals surface area contributed by atoms with Crippen LogP contribution < -0.4 is 16.4 Å². The second-order valence-electron chi connectivity index (χ2n) is 7.41. The van der Waals surface area contributed by atoms with Gasteiger partial charge in [0.15, 0.2) is 0 Å². The lowest BCUT2D eigenvalue weighted by Crippen LogP contribution is -2.44. The normalized spacial score (nSPS) is 11.4. The maximum Gasteiger partial charge on any atom is 0.408 e. The molecule has 2 rings (SSSR count). The van der Waals surface area contributed by atoms with Gasteiger partial charge in [0.2, 0.25) is 11.8 Å². The Balaban J connectivity index is 1.92. The number of anilines is 1. The van der Waals surface area contributed by atoms with Crippen molar-refractivity contribution in [1.82, 2.24) is 5.32 Å². The van der Waals surface area contributed by atoms with Gasteiger partial charge in [-0.25, -0.2) is 4.79 Å². The number of carbonyl (C=O) groups is 3. The second kappa shape index (κ2) is 13.1. The molecule has 0 aliphatic rings. The van der Waals surface area contributed by atoms with E-state index in [0.717, 1.165) is 18.4 Å². The molecule has 0 saturated heterocycles. The van der Waals surface area contributed by atoms with Crippen LogP contribution in [0, 0.1) is 0 Å². The van der Waals surface area contributed by atoms with E-state index in [1.807, 2.05) is 54.6 Å². The van der Waals surface area contributed by atoms with Gasteiger partial charge in [-0.05, 0) is 42.5 Å². The quantitative estimate of drug-likeness (QED) is 0.448. The van der Waals surface area contributed by atoms with Crippen molar-refractivity contribution >= 4 is 23.6 Å². The van der Waals surface area contributed by atoms with Crippen molar-refractivity contribution < 1.29 is 19.1 Å². The smallest absolute Gasteiger partial charge is 0.408 e. The first kappa shape index (κ1) is 23.9. The molecule has 0 aliphatic carbocycles. The topological polar surface area (TPSA) is 111 Å². The number of alkyl carbamates (subject to hydrolysis) is 1. The van der Waals surface area contributed by atoms with E-state index < -0.39 is 23.9 Å². The minimum atomic E-state index is -0.944. The van der Waals surface area contributed by atoms with Gasteiger partial charge in [0, 0.05) is 12.1 Å². The highest BCUT2D eigenvalue weighted by molar-refractivity contribution is 5.96. The maximum absolute atomic E-state index is 12.7. The molecule has 4 N–H and O–H groups in total. The summed E-state index contributed by atoms with van der Waals surface area (Å²) in [6.07, 6.45) is 3.79. The van der Waals surface area contributed by atoms with Gasteiger partial charge in [-0.1, -0.05) is 62.2 Å². The van der Waals surface area contributed by atoms with Crippen LogP contribution in [0.5, 0.6) is 0 Å². The first-order valence-electron chi connectivity index (χ1n) is 10.6. The molecule has 0 saturated carbocycles. The summed E-state index contributed by atoms with van der Waals surface area (Å²) in [7, 11) is 0. The monoisotopic (exact) mass is 425 g/mol. The Bertz CT molecular complexity index is 838. The number of carbonyl (C=O) groups excluding carboxylic acids is 3. The van der Waals surface area contributed by atoms with Crippen molar-refractivity contribution in [3.8, 4) is 0 Å². The van der Waals surface area contributed by atoms with E-state index in [1.54, 1.807) is 0 Å². The molecule has 0 heterocycles. The van der Waals surface area contributed by atoms with Crippen LogP contribution in [0.3, 0.4) is 0 Å². The highest BCUT2D eigenvalue weighted by atomic mass is 16.5. The molecule has 0 fully saturated rings. The lowest BCUT2D eigenvalue weighted by Gasteiger charge is -2.18. The van der Waals surface area contributed by atoms with Gasteiger partial charge >= 0.3 is 6.09 Å². The third kappa shape index (κ3) is 9.33. The second-order valence-corrected chi connectivity index (χ2v) is 7.41. The summed E-state index contributed by atoms with van der Waals surface area (Å²) in [6, 6.07) is 15.9. The molecular formula is C24H31N3O4. The molecule has 1 atom stereocenters. The third-order valence-corrected chi connectivity index (χ3v) is 4.79. The van der Waals surface area contributed by atoms with Crippen LogP contribution in [0.25, 0.3) is 0 Å². The van der Waals surface area contributed by atoms with E-state index in [9.17, 15) is 14.4 Å². The molecule has 0 bridgehead atoms. The standard InChI is InChI=1S/C24H31N3O4/c1-2-3-5-8-18-11-13-20(14-12-18)26-23(29)21(15-16-22(25)28)27-24(30)31-17-19-9-6-4-7-10-19/h4,6-7,9-14,21H,2-3,5,8,15-17H2,1H3,(H2,25,28)(H,26,29)(H,27,30)/t21-/m0/s1. The number of unbranched alkanes of at least 4 members (excludes halogenated alkanes) is 2. The predicted octanol–water partition coefficient (Wildman–Crippen LogP) is 3.92. The number of ether oxygens (including phenoxy) is 1. The van der Waals surface area contributed by atoms with E-state index in [0.29, 0.717) is 5.69 Å². The SMILES string of the molecule is CCCCCc1ccc(NC(=O)[C@H](CCC(N)=O)NC(=O)OCc2ccccc2)cc1. The number of benzene rings is 2. The van der Waals surface area contributed by atoms with Crippen molar-refractivity contribution in [3.05, 3.63) is 65.7 Å². The highest BCUT2D eigenvalue weighted by Gasteiger charge is 2.22. The molecule has 7 heteroatoms. The number of hydrogen-bond acceptors (Lipinski definition) is 4. The number of hydrogen-bond donors (Lipinski definition) is 3. The summed E-state index contributed by atoms with van der Waals surface area (Å²) in [5.74, 6) is -0.981. The Kier molecular flexibility index (Phi) is 10.1. The van der Waals surface area contributed by atoms with Crippen LogP contribution in [0.4, 0.5) is 10.5 Å². The van der Waals surface area contributed by atoms with Gasteiger partial charge < -0.3 is 21.1 Å². The summed E-state index contributed by atoms with van der Waals surface area (Å²) in [4.78, 5) is 36.0. The van der Waals surface area contributed by atoms with Crippen LogP contribution >= 0.6 is 0 Å². The van der Waals surface area contributed by atoms with E-state index in [2.05, 4.69) is 17.6 Å². The van der Waals surface area contributed by atoms with Crippen molar-refractivity contribution in [3.63, 3.8) is 0 Å². The molecule has 2 aromatic carbocycles. The van der Waals surface area contributed by atoms with Gasteiger partial charge in [0.25, 0.3) is 0 Å². The van der Waals surface area contributed by atoms with Crippen LogP contribution in [0.15, 0.2) is 54.6 Å². The van der Waals surface area contributed by atoms with Crippen molar-refractivity contribution in [2.75, 3.05) is 5.32 Å². The Morgan fingerprint density at radius 3 is 2.32 bits per heavy atom. The number of rotatable bonds is 12. The van der Waals surface area contributed by atoms with Crippen LogP contribution in [-0.4, -0.2) is 23.9 Å². The molecule has 0 aromatic heterocycles. The zero-order valence-corrected chi connectivity index (χ0v) is 17.9. The number of primary amides is 1. The third-order valence-electron chi connectivity index (χ3n) is 4.79. The highest BCUT2D eigenvalue weighted by Crippen LogP contribution is 2.13. The molecule has 0 aliphatic heterocycles. The lowest BCUT2D eigenvalue weighted by molar-refractivity contribution is -0.119. The summed E-state index contributed by atoms with van der Waals surface area (Å²) in [6.45, 7) is 2.25. The van der Waals surface area contributed by atoms with E-state index >= 15 is 0 Å². The molecule has 166 valence electrons. The van der Waals surface area contributed by atoms with Gasteiger partial charge in [0.1, 0.15) is 12.6 Å². The molecule has 31 heavy (non-hydrogen) atoms. The molecule has 3 amide bonds. The molecule has 0 radical (unpaired) electrons. The predicted molar refractivity (Wildman–Crippen MR) is 120 cm³/mol. The Morgan fingerprint density at radius 2 is 1.68 bits per heavy atom. The van der Waals surface area contributed by atoms with Gasteiger partial charge in [-0.2, -0.15) is 0 Å². The number of nitrogens with one attached hydrogen (secondary N) is 2. The summed E-state index contributed by atoms with van der Waals surface area (Å²) < 4.78 is 5.18. The van der Waals surface area contributed by atoms with E-state index in [4.69, 9.17) is 10.5 Å². The lowest BCUT2D eigenvalue weighted by atomic mass is 10.1. The zero-order valence-electron chi connectivity index (χ0n) is 17.9. The van der Waals surface area contributed by atoms with Crippen molar-refractivity contribution in [2.45, 2.75) is 58.1 Å². The maximum atomic E-state index is 12.7. The molecule has 2 aromatic rings. The zero-order chi connectivity index (χ0) is 22.5. The number of amides is 3. The summed E-state index contributed by atoms with van der Waals surface area (Å²) in [5, 5.41) is 5.31. The summed E-state index contributed by atoms with van der Waals surface area (Å²) >= 11 is 0. The van der Waals surface area contributed by atoms with Crippen LogP contribution in [-0.2, 0) is 27.4 Å². The molecule has 0 unspecified atom stereocenters. The van der Waals surface area contributed by atoms with E-state index in [-0.39, 0.29) is 19.4 Å². The van der Waals surface area contributed by atoms with Gasteiger partial charge in [0.05, 0.1) is 0 Å². The minimum absolute atomic E-state index is 0.0343. The van der Waals surface area contributed by atoms with Gasteiger partial charge in [-0.3, -0.25) is 9.59 Å². The van der Waals surface area contributed by atoms with Crippen LogP contribution in [0.1, 0.15) is 50.2 Å². The van der Waals surface area contributed by atoms with Crippen molar-refractivity contribution in [1.29, 1.82) is 0 Å². The Morgan fingerprint density at radius 1 is 0.968 bits per heavy atom. The fourth-order valence-electron chi connectivity index (χ4n) is 3.03. The van der Waals surface area contributed by atoms with E-state index in [1.165, 1.54) is 18.4 Å². The average molecular weight is 426 g/mol. The van der Waals surface area contributed by atoms with Crippen LogP contribution in [0.2, 0.25) is 0 Å². The first-order chi connectivity index (χ1) is 15.0. The minimum Gasteiger partial charge on any atom is -0.445 e. The summed E-state index contributed by atoms with van der Waals surface area (Å²) in [5.41, 5.74) is 7.87. The fraction of sp³-hybridized carbons (Fsp3) is 0.375. The molecule has 7 nitrogen and oxygen atoms in total.